The predicted octanol–water partition coefficient (Wildman–Crippen LogP) is 2.79. The summed E-state index contributed by atoms with van der Waals surface area (Å²) in [4.78, 5) is 11.8. The van der Waals surface area contributed by atoms with Crippen LogP contribution in [0.25, 0.3) is 0 Å². The summed E-state index contributed by atoms with van der Waals surface area (Å²) >= 11 is 0. The average molecular weight is 252 g/mol. The first-order chi connectivity index (χ1) is 8.35. The summed E-state index contributed by atoms with van der Waals surface area (Å²) in [6, 6.07) is 3.68. The Bertz CT molecular complexity index is 419. The van der Waals surface area contributed by atoms with Gasteiger partial charge in [-0.1, -0.05) is 20.8 Å². The van der Waals surface area contributed by atoms with Crippen molar-refractivity contribution in [1.29, 1.82) is 0 Å². The maximum absolute atomic E-state index is 11.8. The summed E-state index contributed by atoms with van der Waals surface area (Å²) in [5, 5.41) is 0. The molecule has 0 fully saturated rings. The minimum absolute atomic E-state index is 0.0603. The smallest absolute Gasteiger partial charge is 0.345 e. The molecule has 0 atom stereocenters. The molecule has 0 aliphatic rings. The first-order valence-corrected chi connectivity index (χ1v) is 5.70. The number of hydrogen-bond acceptors (Lipinski definition) is 4. The Morgan fingerprint density at radius 3 is 1.72 bits per heavy atom. The molecule has 0 saturated heterocycles. The molecule has 0 unspecified atom stereocenters. The third kappa shape index (κ3) is 2.75. The molecule has 0 saturated carbocycles. The Labute approximate surface area is 108 Å². The predicted molar refractivity (Wildman–Crippen MR) is 69.6 cm³/mol. The topological polar surface area (TPSA) is 44.8 Å². The third-order valence-corrected chi connectivity index (χ3v) is 2.76. The first kappa shape index (κ1) is 14.4. The van der Waals surface area contributed by atoms with Crippen LogP contribution in [-0.2, 0) is 10.2 Å². The van der Waals surface area contributed by atoms with Crippen LogP contribution in [0.3, 0.4) is 0 Å². The van der Waals surface area contributed by atoms with Crippen LogP contribution in [0.4, 0.5) is 0 Å². The van der Waals surface area contributed by atoms with Gasteiger partial charge < -0.3 is 14.2 Å². The van der Waals surface area contributed by atoms with E-state index in [4.69, 9.17) is 14.2 Å². The maximum Gasteiger partial charge on any atom is 0.345 e. The summed E-state index contributed by atoms with van der Waals surface area (Å²) in [5.74, 6) is 0.460. The van der Waals surface area contributed by atoms with Gasteiger partial charge in [0.2, 0.25) is 0 Å². The van der Waals surface area contributed by atoms with Gasteiger partial charge >= 0.3 is 5.97 Å². The van der Waals surface area contributed by atoms with Gasteiger partial charge in [-0.05, 0) is 23.1 Å². The van der Waals surface area contributed by atoms with Gasteiger partial charge in [-0.2, -0.15) is 0 Å². The van der Waals surface area contributed by atoms with Crippen molar-refractivity contribution in [3.63, 3.8) is 0 Å². The molecule has 0 amide bonds. The van der Waals surface area contributed by atoms with E-state index in [0.29, 0.717) is 17.1 Å². The number of carbonyl (C=O) groups excluding carboxylic acids is 1. The number of carbonyl (C=O) groups is 1. The molecule has 100 valence electrons. The Hall–Kier alpha value is -1.71. The molecule has 0 bridgehead atoms. The molecule has 0 aliphatic carbocycles. The molecule has 4 nitrogen and oxygen atoms in total. The van der Waals surface area contributed by atoms with E-state index in [1.54, 1.807) is 0 Å². The highest BCUT2D eigenvalue weighted by Gasteiger charge is 2.24. The quantitative estimate of drug-likeness (QED) is 0.776. The van der Waals surface area contributed by atoms with E-state index < -0.39 is 5.97 Å². The van der Waals surface area contributed by atoms with E-state index >= 15 is 0 Å². The number of esters is 1. The molecule has 1 aromatic carbocycles. The molecule has 0 spiro atoms. The minimum Gasteiger partial charge on any atom is -0.496 e. The van der Waals surface area contributed by atoms with Gasteiger partial charge in [0, 0.05) is 0 Å². The van der Waals surface area contributed by atoms with Gasteiger partial charge in [0.15, 0.2) is 0 Å². The van der Waals surface area contributed by atoms with E-state index in [-0.39, 0.29) is 5.41 Å². The van der Waals surface area contributed by atoms with Crippen LogP contribution in [-0.4, -0.2) is 27.3 Å². The second kappa shape index (κ2) is 5.29. The van der Waals surface area contributed by atoms with E-state index in [0.717, 1.165) is 5.56 Å². The monoisotopic (exact) mass is 252 g/mol. The van der Waals surface area contributed by atoms with Crippen LogP contribution in [0.1, 0.15) is 36.7 Å². The fourth-order valence-electron chi connectivity index (χ4n) is 1.65. The van der Waals surface area contributed by atoms with Crippen molar-refractivity contribution in [2.45, 2.75) is 26.2 Å². The second-order valence-electron chi connectivity index (χ2n) is 5.00. The molecule has 0 radical (unpaired) electrons. The summed E-state index contributed by atoms with van der Waals surface area (Å²) in [6.45, 7) is 6.25. The Balaban J connectivity index is 3.49. The standard InChI is InChI=1S/C14H20O4/c1-14(2,3)9-7-10(16-4)12(13(15)18-6)11(8-9)17-5/h7-8H,1-6H3. The molecule has 4 heteroatoms. The molecular weight excluding hydrogens is 232 g/mol. The maximum atomic E-state index is 11.8. The van der Waals surface area contributed by atoms with Crippen LogP contribution in [0.15, 0.2) is 12.1 Å². The zero-order valence-electron chi connectivity index (χ0n) is 11.8. The molecule has 1 aromatic rings. The van der Waals surface area contributed by atoms with Crippen molar-refractivity contribution in [3.8, 4) is 11.5 Å². The summed E-state index contributed by atoms with van der Waals surface area (Å²) in [7, 11) is 4.38. The Kier molecular flexibility index (Phi) is 4.22. The van der Waals surface area contributed by atoms with Gasteiger partial charge in [-0.3, -0.25) is 0 Å². The van der Waals surface area contributed by atoms with Crippen LogP contribution in [0.5, 0.6) is 11.5 Å². The lowest BCUT2D eigenvalue weighted by atomic mass is 9.86. The number of hydrogen-bond donors (Lipinski definition) is 0. The van der Waals surface area contributed by atoms with Crippen molar-refractivity contribution in [2.24, 2.45) is 0 Å². The molecule has 0 aromatic heterocycles. The highest BCUT2D eigenvalue weighted by Crippen LogP contribution is 2.35. The highest BCUT2D eigenvalue weighted by molar-refractivity contribution is 5.95. The van der Waals surface area contributed by atoms with Crippen molar-refractivity contribution in [3.05, 3.63) is 23.3 Å². The number of methoxy groups -OCH3 is 3. The van der Waals surface area contributed by atoms with Crippen molar-refractivity contribution in [2.75, 3.05) is 21.3 Å². The third-order valence-electron chi connectivity index (χ3n) is 2.76. The SMILES string of the molecule is COC(=O)c1c(OC)cc(C(C)(C)C)cc1OC. The van der Waals surface area contributed by atoms with Crippen molar-refractivity contribution >= 4 is 5.97 Å². The zero-order valence-corrected chi connectivity index (χ0v) is 11.8. The molecule has 0 N–H and O–H groups in total. The highest BCUT2D eigenvalue weighted by atomic mass is 16.5. The van der Waals surface area contributed by atoms with Crippen LogP contribution in [0.2, 0.25) is 0 Å². The zero-order chi connectivity index (χ0) is 13.9. The molecule has 0 heterocycles. The Morgan fingerprint density at radius 2 is 1.44 bits per heavy atom. The molecule has 18 heavy (non-hydrogen) atoms. The lowest BCUT2D eigenvalue weighted by Gasteiger charge is -2.22. The Morgan fingerprint density at radius 1 is 1.00 bits per heavy atom. The van der Waals surface area contributed by atoms with Crippen LogP contribution >= 0.6 is 0 Å². The number of rotatable bonds is 3. The van der Waals surface area contributed by atoms with Gasteiger partial charge in [0.1, 0.15) is 17.1 Å². The molecular formula is C14H20O4. The van der Waals surface area contributed by atoms with E-state index in [9.17, 15) is 4.79 Å². The largest absolute Gasteiger partial charge is 0.496 e. The van der Waals surface area contributed by atoms with Gasteiger partial charge in [0.25, 0.3) is 0 Å². The average Bonchev–Trinajstić information content (AvgIpc) is 2.34. The minimum atomic E-state index is -0.468. The van der Waals surface area contributed by atoms with E-state index in [2.05, 4.69) is 20.8 Å². The summed E-state index contributed by atoms with van der Waals surface area (Å²) in [5.41, 5.74) is 1.29. The molecule has 0 aliphatic heterocycles. The fourth-order valence-corrected chi connectivity index (χ4v) is 1.65. The fraction of sp³-hybridized carbons (Fsp3) is 0.500. The van der Waals surface area contributed by atoms with Crippen LogP contribution in [0, 0.1) is 0 Å². The van der Waals surface area contributed by atoms with Crippen LogP contribution < -0.4 is 9.47 Å². The summed E-state index contributed by atoms with van der Waals surface area (Å²) in [6.07, 6.45) is 0. The normalized spacial score (nSPS) is 11.0. The summed E-state index contributed by atoms with van der Waals surface area (Å²) < 4.78 is 15.3. The number of ether oxygens (including phenoxy) is 3. The van der Waals surface area contributed by atoms with Gasteiger partial charge in [-0.15, -0.1) is 0 Å². The van der Waals surface area contributed by atoms with Crippen molar-refractivity contribution < 1.29 is 19.0 Å². The molecule has 1 rings (SSSR count). The second-order valence-corrected chi connectivity index (χ2v) is 5.00. The first-order valence-electron chi connectivity index (χ1n) is 5.70. The van der Waals surface area contributed by atoms with Gasteiger partial charge in [0.05, 0.1) is 21.3 Å². The van der Waals surface area contributed by atoms with Gasteiger partial charge in [-0.25, -0.2) is 4.79 Å². The van der Waals surface area contributed by atoms with E-state index in [1.165, 1.54) is 21.3 Å². The van der Waals surface area contributed by atoms with E-state index in [1.807, 2.05) is 12.1 Å². The number of benzene rings is 1. The lowest BCUT2D eigenvalue weighted by Crippen LogP contribution is -2.14. The lowest BCUT2D eigenvalue weighted by molar-refractivity contribution is 0.0593. The van der Waals surface area contributed by atoms with Crippen molar-refractivity contribution in [1.82, 2.24) is 0 Å².